The Morgan fingerprint density at radius 1 is 1.41 bits per heavy atom. The third kappa shape index (κ3) is 6.08. The molecule has 1 aliphatic rings. The maximum absolute atomic E-state index is 10.7. The number of aromatic nitrogens is 1. The smallest absolute Gasteiger partial charge is 0.155 e. The van der Waals surface area contributed by atoms with Crippen LogP contribution < -0.4 is 5.56 Å². The Labute approximate surface area is 128 Å². The fourth-order valence-electron chi connectivity index (χ4n) is 1.21. The van der Waals surface area contributed by atoms with E-state index in [-0.39, 0.29) is 45.7 Å². The van der Waals surface area contributed by atoms with E-state index in [2.05, 4.69) is 22.1 Å². The zero-order chi connectivity index (χ0) is 11.1. The number of aliphatic imine (C=N–C) groups is 1. The van der Waals surface area contributed by atoms with Crippen molar-refractivity contribution in [3.63, 3.8) is 0 Å². The molecule has 0 bridgehead atoms. The van der Waals surface area contributed by atoms with E-state index in [0.29, 0.717) is 0 Å². The van der Waals surface area contributed by atoms with Crippen LogP contribution in [0.25, 0.3) is 0 Å². The molecule has 0 aromatic carbocycles. The molecule has 0 saturated heterocycles. The van der Waals surface area contributed by atoms with E-state index in [4.69, 9.17) is 0 Å². The predicted molar refractivity (Wildman–Crippen MR) is 68.8 cm³/mol. The van der Waals surface area contributed by atoms with Crippen molar-refractivity contribution in [3.05, 3.63) is 53.8 Å². The number of nitrogens with one attached hydrogen (secondary N) is 1. The van der Waals surface area contributed by atoms with E-state index >= 15 is 0 Å². The number of H-pyrrole nitrogens is 1. The van der Waals surface area contributed by atoms with Crippen molar-refractivity contribution >= 4 is 5.71 Å². The van der Waals surface area contributed by atoms with Crippen LogP contribution in [-0.4, -0.2) is 17.2 Å². The summed E-state index contributed by atoms with van der Waals surface area (Å²) in [7, 11) is 0. The molecule has 1 aromatic heterocycles. The summed E-state index contributed by atoms with van der Waals surface area (Å²) in [5.41, 5.74) is 1.62. The Kier molecular flexibility index (Phi) is 11.7. The molecule has 1 N–H and O–H groups in total. The minimum atomic E-state index is -0.205. The van der Waals surface area contributed by atoms with Gasteiger partial charge in [-0.2, -0.15) is 6.07 Å². The number of pyridine rings is 1. The maximum atomic E-state index is 10.7. The molecule has 2 heterocycles. The van der Waals surface area contributed by atoms with E-state index < -0.39 is 0 Å². The van der Waals surface area contributed by atoms with Crippen LogP contribution in [0, 0.1) is 13.5 Å². The Morgan fingerprint density at radius 3 is 2.59 bits per heavy atom. The van der Waals surface area contributed by atoms with Gasteiger partial charge in [0.1, 0.15) is 0 Å². The van der Waals surface area contributed by atoms with E-state index in [1.165, 1.54) is 0 Å². The van der Waals surface area contributed by atoms with Crippen LogP contribution in [-0.2, 0) is 32.7 Å². The first kappa shape index (κ1) is 18.8. The number of hydrogen-bond acceptors (Lipinski definition) is 2. The molecule has 3 nitrogen and oxygen atoms in total. The van der Waals surface area contributed by atoms with Crippen molar-refractivity contribution in [1.82, 2.24) is 4.98 Å². The van der Waals surface area contributed by atoms with Crippen LogP contribution in [0.2, 0.25) is 0 Å². The van der Waals surface area contributed by atoms with Crippen molar-refractivity contribution in [2.75, 3.05) is 6.54 Å². The molecule has 0 unspecified atom stereocenters. The van der Waals surface area contributed by atoms with Gasteiger partial charge in [0.25, 0.3) is 0 Å². The summed E-state index contributed by atoms with van der Waals surface area (Å²) < 4.78 is 0. The summed E-state index contributed by atoms with van der Waals surface area (Å²) in [6, 6.07) is 4.23. The first-order valence-electron chi connectivity index (χ1n) is 5.18. The molecule has 4 heteroatoms. The van der Waals surface area contributed by atoms with Gasteiger partial charge in [0.15, 0.2) is 5.56 Å². The maximum Gasteiger partial charge on any atom is 0.155 e. The standard InChI is InChI=1S/C10H9N2O.C2H6.CH3.Y/c13-10-5-4-8(7-12-10)9-3-1-2-6-11-9;1-2;;/h1,3-4,7H,2,6H2,(H,12,13);1-2H3;1H3;/q-1;;-1;. The number of allylic oxidation sites excluding steroid dienone is 1. The second-order valence-corrected chi connectivity index (χ2v) is 2.82. The van der Waals surface area contributed by atoms with Crippen molar-refractivity contribution in [2.24, 2.45) is 4.99 Å². The molecule has 0 saturated carbocycles. The number of nitrogens with zero attached hydrogens (tertiary/aromatic N) is 1. The molecule has 0 fully saturated rings. The summed E-state index contributed by atoms with van der Waals surface area (Å²) in [6.45, 7) is 4.82. The van der Waals surface area contributed by atoms with Gasteiger partial charge in [0.2, 0.25) is 0 Å². The topological polar surface area (TPSA) is 45.2 Å². The second-order valence-electron chi connectivity index (χ2n) is 2.82. The molecule has 1 aromatic rings. The monoisotopic (exact) mass is 307 g/mol. The predicted octanol–water partition coefficient (Wildman–Crippen LogP) is 2.40. The second kappa shape index (κ2) is 10.6. The third-order valence-electron chi connectivity index (χ3n) is 1.87. The summed E-state index contributed by atoms with van der Waals surface area (Å²) in [5.74, 6) is 0. The summed E-state index contributed by atoms with van der Waals surface area (Å²) in [5, 5.41) is 0. The quantitative estimate of drug-likeness (QED) is 0.796. The van der Waals surface area contributed by atoms with Crippen LogP contribution in [0.3, 0.4) is 0 Å². The molecular weight excluding hydrogens is 289 g/mol. The van der Waals surface area contributed by atoms with Gasteiger partial charge in [0, 0.05) is 39.3 Å². The first-order valence-corrected chi connectivity index (χ1v) is 5.18. The van der Waals surface area contributed by atoms with E-state index in [9.17, 15) is 4.79 Å². The number of hydrogen-bond donors (Lipinski definition) is 1. The minimum Gasteiger partial charge on any atom is -0.362 e. The van der Waals surface area contributed by atoms with Crippen LogP contribution >= 0.6 is 0 Å². The zero-order valence-corrected chi connectivity index (χ0v) is 13.5. The van der Waals surface area contributed by atoms with Crippen LogP contribution in [0.15, 0.2) is 34.2 Å². The fraction of sp³-hybridized carbons (Fsp3) is 0.308. The van der Waals surface area contributed by atoms with Gasteiger partial charge in [-0.15, -0.1) is 5.56 Å². The van der Waals surface area contributed by atoms with Crippen molar-refractivity contribution in [1.29, 1.82) is 0 Å². The normalized spacial score (nSPS) is 12.2. The molecule has 2 rings (SSSR count). The number of dihydropyridines is 1. The Hall–Kier alpha value is -0.536. The molecule has 17 heavy (non-hydrogen) atoms. The van der Waals surface area contributed by atoms with Crippen LogP contribution in [0.5, 0.6) is 0 Å². The first-order chi connectivity index (χ1) is 7.36. The largest absolute Gasteiger partial charge is 0.362 e. The Bertz CT molecular complexity index is 401. The van der Waals surface area contributed by atoms with Gasteiger partial charge in [0.05, 0.1) is 0 Å². The van der Waals surface area contributed by atoms with E-state index in [1.807, 2.05) is 19.9 Å². The fourth-order valence-corrected chi connectivity index (χ4v) is 1.21. The van der Waals surface area contributed by atoms with E-state index in [1.54, 1.807) is 12.3 Å². The van der Waals surface area contributed by atoms with E-state index in [0.717, 1.165) is 24.2 Å². The zero-order valence-electron chi connectivity index (χ0n) is 10.7. The number of aromatic amines is 1. The molecular formula is C13H18N2OY-2. The Balaban J connectivity index is 0. The average Bonchev–Trinajstić information content (AvgIpc) is 2.34. The molecule has 1 aliphatic heterocycles. The van der Waals surface area contributed by atoms with Gasteiger partial charge in [-0.25, -0.2) is 6.07 Å². The van der Waals surface area contributed by atoms with Crippen molar-refractivity contribution in [3.8, 4) is 0 Å². The van der Waals surface area contributed by atoms with Gasteiger partial charge >= 0.3 is 0 Å². The number of rotatable bonds is 1. The molecule has 0 atom stereocenters. The minimum absolute atomic E-state index is 0. The van der Waals surface area contributed by atoms with Gasteiger partial charge in [-0.1, -0.05) is 32.2 Å². The summed E-state index contributed by atoms with van der Waals surface area (Å²) >= 11 is 0. The molecule has 1 radical (unpaired) electrons. The van der Waals surface area contributed by atoms with Crippen molar-refractivity contribution < 1.29 is 32.7 Å². The molecule has 0 aliphatic carbocycles. The molecule has 0 spiro atoms. The SMILES string of the molecule is CC.O=c1[c-]cc(C2=NCCC=C2)c[nH]1.[CH3-].[Y]. The molecule has 0 amide bonds. The molecule has 91 valence electrons. The van der Waals surface area contributed by atoms with Gasteiger partial charge in [-0.3, -0.25) is 4.79 Å². The van der Waals surface area contributed by atoms with Gasteiger partial charge < -0.3 is 17.4 Å². The van der Waals surface area contributed by atoms with Crippen LogP contribution in [0.1, 0.15) is 25.8 Å². The third-order valence-corrected chi connectivity index (χ3v) is 1.87. The van der Waals surface area contributed by atoms with Crippen LogP contribution in [0.4, 0.5) is 0 Å². The average molecular weight is 307 g/mol. The summed E-state index contributed by atoms with van der Waals surface area (Å²) in [4.78, 5) is 17.6. The summed E-state index contributed by atoms with van der Waals surface area (Å²) in [6.07, 6.45) is 6.70. The van der Waals surface area contributed by atoms with Gasteiger partial charge in [-0.05, 0) is 12.1 Å². The van der Waals surface area contributed by atoms with Crippen molar-refractivity contribution in [2.45, 2.75) is 20.3 Å². The Morgan fingerprint density at radius 2 is 2.12 bits per heavy atom.